The maximum absolute atomic E-state index is 12.9. The number of likely N-dealkylation sites (N-methyl/N-ethyl adjacent to an activating group) is 1. The highest BCUT2D eigenvalue weighted by molar-refractivity contribution is 5.71. The maximum atomic E-state index is 12.9. The number of rotatable bonds is 58. The molecule has 2 unspecified atom stereocenters. The Kier molecular flexibility index (Phi) is 59.1. The summed E-state index contributed by atoms with van der Waals surface area (Å²) in [5.41, 5.74) is 0. The van der Waals surface area contributed by atoms with Crippen LogP contribution in [0.2, 0.25) is 0 Å². The van der Waals surface area contributed by atoms with E-state index in [2.05, 4.69) is 172 Å². The quantitative estimate of drug-likeness (QED) is 0.0211. The van der Waals surface area contributed by atoms with E-state index in [0.717, 1.165) is 141 Å². The molecular formula is C74H120NO8+. The smallest absolute Gasteiger partial charge is 0.361 e. The Bertz CT molecular complexity index is 1920. The normalized spacial score (nSPS) is 13.8. The zero-order valence-corrected chi connectivity index (χ0v) is 53.3. The van der Waals surface area contributed by atoms with Gasteiger partial charge in [-0.2, -0.15) is 0 Å². The molecule has 2 atom stereocenters. The van der Waals surface area contributed by atoms with Gasteiger partial charge < -0.3 is 28.5 Å². The van der Waals surface area contributed by atoms with Gasteiger partial charge in [0.2, 0.25) is 0 Å². The number of hydrogen-bond acceptors (Lipinski definition) is 7. The predicted molar refractivity (Wildman–Crippen MR) is 354 cm³/mol. The molecule has 0 heterocycles. The Hall–Kier alpha value is -5.09. The molecule has 0 aromatic rings. The lowest BCUT2D eigenvalue weighted by Crippen LogP contribution is -2.40. The van der Waals surface area contributed by atoms with E-state index < -0.39 is 24.3 Å². The number of carboxylic acid groups (broad SMARTS) is 1. The fourth-order valence-corrected chi connectivity index (χ4v) is 8.35. The number of unbranched alkanes of at least 4 members (excludes halogenated alkanes) is 17. The number of carboxylic acids is 1. The summed E-state index contributed by atoms with van der Waals surface area (Å²) in [6, 6.07) is 0. The largest absolute Gasteiger partial charge is 0.477 e. The van der Waals surface area contributed by atoms with Crippen molar-refractivity contribution in [3.63, 3.8) is 0 Å². The third-order valence-corrected chi connectivity index (χ3v) is 13.3. The first-order valence-corrected chi connectivity index (χ1v) is 32.6. The molecule has 9 nitrogen and oxygen atoms in total. The number of carbonyl (C=O) groups is 3. The van der Waals surface area contributed by atoms with Crippen molar-refractivity contribution in [3.8, 4) is 0 Å². The highest BCUT2D eigenvalue weighted by Gasteiger charge is 2.25. The molecule has 0 rings (SSSR count). The maximum Gasteiger partial charge on any atom is 0.361 e. The molecule has 0 fully saturated rings. The van der Waals surface area contributed by atoms with Crippen LogP contribution in [0, 0.1) is 0 Å². The van der Waals surface area contributed by atoms with Crippen LogP contribution in [0.3, 0.4) is 0 Å². The van der Waals surface area contributed by atoms with Gasteiger partial charge in [-0.05, 0) is 122 Å². The molecule has 0 saturated heterocycles. The summed E-state index contributed by atoms with van der Waals surface area (Å²) in [6.07, 6.45) is 90.4. The lowest BCUT2D eigenvalue weighted by atomic mass is 10.1. The molecule has 0 amide bonds. The number of aliphatic carboxylic acids is 1. The third-order valence-electron chi connectivity index (χ3n) is 13.3. The average molecular weight is 1150 g/mol. The first kappa shape index (κ1) is 77.9. The van der Waals surface area contributed by atoms with Gasteiger partial charge in [-0.25, -0.2) is 4.79 Å². The van der Waals surface area contributed by atoms with E-state index in [1.807, 2.05) is 21.1 Å². The predicted octanol–water partition coefficient (Wildman–Crippen LogP) is 20.1. The number of hydrogen-bond donors (Lipinski definition) is 1. The molecular weight excluding hydrogens is 1030 g/mol. The van der Waals surface area contributed by atoms with Crippen LogP contribution in [-0.2, 0) is 33.3 Å². The van der Waals surface area contributed by atoms with Crippen molar-refractivity contribution in [2.24, 2.45) is 0 Å². The lowest BCUT2D eigenvalue weighted by molar-refractivity contribution is -0.870. The molecule has 0 aliphatic heterocycles. The van der Waals surface area contributed by atoms with Gasteiger partial charge >= 0.3 is 17.9 Å². The topological polar surface area (TPSA) is 108 Å². The molecule has 0 aromatic carbocycles. The Morgan fingerprint density at radius 2 is 0.651 bits per heavy atom. The number of nitrogens with zero attached hydrogens (tertiary/aromatic N) is 1. The van der Waals surface area contributed by atoms with Gasteiger partial charge in [0.05, 0.1) is 34.4 Å². The van der Waals surface area contributed by atoms with E-state index in [9.17, 15) is 19.5 Å². The summed E-state index contributed by atoms with van der Waals surface area (Å²) in [4.78, 5) is 37.6. The van der Waals surface area contributed by atoms with Crippen molar-refractivity contribution < 1.29 is 42.9 Å². The van der Waals surface area contributed by atoms with Crippen molar-refractivity contribution in [2.75, 3.05) is 47.5 Å². The third kappa shape index (κ3) is 64.3. The van der Waals surface area contributed by atoms with Crippen LogP contribution in [0.15, 0.2) is 158 Å². The zero-order valence-electron chi connectivity index (χ0n) is 53.3. The van der Waals surface area contributed by atoms with E-state index in [4.69, 9.17) is 18.9 Å². The minimum absolute atomic E-state index is 0.176. The number of carbonyl (C=O) groups excluding carboxylic acids is 2. The van der Waals surface area contributed by atoms with Crippen molar-refractivity contribution in [1.29, 1.82) is 0 Å². The summed E-state index contributed by atoms with van der Waals surface area (Å²) in [6.45, 7) is 4.61. The van der Waals surface area contributed by atoms with Crippen LogP contribution >= 0.6 is 0 Å². The van der Waals surface area contributed by atoms with E-state index in [0.29, 0.717) is 17.4 Å². The van der Waals surface area contributed by atoms with Gasteiger partial charge in [0, 0.05) is 12.8 Å². The number of quaternary nitrogens is 1. The number of ether oxygens (including phenoxy) is 4. The van der Waals surface area contributed by atoms with Gasteiger partial charge in [0.15, 0.2) is 6.10 Å². The SMILES string of the molecule is CC/C=C\C/C=C\C/C=C\C/C=C\C/C=C\C/C=C\C/C=C\CCCCCCCCCC(=O)OC(COC(=O)CCCCCCCCCCCC/C=C\C/C=C\C/C=C\C/C=C\C/C=C\C/C=C\CC)COC(OCC[N+](C)(C)C)C(=O)O. The van der Waals surface area contributed by atoms with E-state index in [1.54, 1.807) is 0 Å². The molecule has 0 aliphatic rings. The fraction of sp³-hybridized carbons (Fsp3) is 0.608. The van der Waals surface area contributed by atoms with Crippen molar-refractivity contribution >= 4 is 17.9 Å². The molecule has 1 N–H and O–H groups in total. The summed E-state index contributed by atoms with van der Waals surface area (Å²) in [5.74, 6) is -2.04. The molecule has 0 aromatic heterocycles. The summed E-state index contributed by atoms with van der Waals surface area (Å²) >= 11 is 0. The van der Waals surface area contributed by atoms with Gasteiger partial charge in [0.1, 0.15) is 13.2 Å². The van der Waals surface area contributed by atoms with Crippen molar-refractivity contribution in [3.05, 3.63) is 158 Å². The summed E-state index contributed by atoms with van der Waals surface area (Å²) in [5, 5.41) is 9.74. The molecule has 0 aliphatic carbocycles. The number of esters is 2. The lowest BCUT2D eigenvalue weighted by Gasteiger charge is -2.25. The van der Waals surface area contributed by atoms with Crippen LogP contribution < -0.4 is 0 Å². The Morgan fingerprint density at radius 1 is 0.361 bits per heavy atom. The Morgan fingerprint density at radius 3 is 0.964 bits per heavy atom. The molecule has 0 radical (unpaired) electrons. The zero-order chi connectivity index (χ0) is 60.5. The molecule has 0 saturated carbocycles. The van der Waals surface area contributed by atoms with E-state index in [-0.39, 0.29) is 38.6 Å². The molecule has 9 heteroatoms. The van der Waals surface area contributed by atoms with Crippen LogP contribution in [0.25, 0.3) is 0 Å². The highest BCUT2D eigenvalue weighted by Crippen LogP contribution is 2.15. The van der Waals surface area contributed by atoms with E-state index >= 15 is 0 Å². The minimum atomic E-state index is -1.53. The second-order valence-corrected chi connectivity index (χ2v) is 22.3. The minimum Gasteiger partial charge on any atom is -0.477 e. The Balaban J connectivity index is 4.26. The average Bonchev–Trinajstić information content (AvgIpc) is 3.46. The summed E-state index contributed by atoms with van der Waals surface area (Å²) < 4.78 is 22.9. The second kappa shape index (κ2) is 62.9. The second-order valence-electron chi connectivity index (χ2n) is 22.3. The van der Waals surface area contributed by atoms with Crippen molar-refractivity contribution in [2.45, 2.75) is 245 Å². The van der Waals surface area contributed by atoms with Gasteiger partial charge in [-0.1, -0.05) is 255 Å². The van der Waals surface area contributed by atoms with Gasteiger partial charge in [0.25, 0.3) is 6.29 Å². The molecule has 0 bridgehead atoms. The molecule has 83 heavy (non-hydrogen) atoms. The fourth-order valence-electron chi connectivity index (χ4n) is 8.35. The summed E-state index contributed by atoms with van der Waals surface area (Å²) in [7, 11) is 5.96. The monoisotopic (exact) mass is 1150 g/mol. The number of allylic oxidation sites excluding steroid dienone is 26. The first-order valence-electron chi connectivity index (χ1n) is 32.6. The highest BCUT2D eigenvalue weighted by atomic mass is 16.7. The molecule has 0 spiro atoms. The standard InChI is InChI=1S/C74H119NO8/c1-6-8-10-12-14-16-18-20-22-24-26-28-30-32-34-36-38-40-42-44-46-48-50-52-54-56-58-60-62-64-71(76)81-68-70(69-82-74(73(78)79)80-67-66-75(3,4)5)83-72(77)65-63-61-59-57-55-53-51-49-47-45-43-41-39-37-35-33-31-29-27-25-23-21-19-17-15-13-11-9-7-2/h8-11,14-17,20-23,26-29,32-35,38-41,45,47,70,74H,6-7,12-13,18-19,24-25,30-31,36-37,42-44,46,48-69H2,1-5H3/p+1/b10-8-,11-9-,16-14-,17-15-,22-20-,23-21-,28-26-,29-27-,34-32-,35-33-,40-38-,41-39-,47-45-. The van der Waals surface area contributed by atoms with Crippen LogP contribution in [0.1, 0.15) is 232 Å². The van der Waals surface area contributed by atoms with Crippen LogP contribution in [0.4, 0.5) is 0 Å². The van der Waals surface area contributed by atoms with E-state index in [1.165, 1.54) is 57.8 Å². The van der Waals surface area contributed by atoms with Gasteiger partial charge in [-0.15, -0.1) is 0 Å². The Labute approximate surface area is 508 Å². The van der Waals surface area contributed by atoms with Crippen LogP contribution in [-0.4, -0.2) is 87.4 Å². The van der Waals surface area contributed by atoms with Crippen molar-refractivity contribution in [1.82, 2.24) is 0 Å². The van der Waals surface area contributed by atoms with Crippen LogP contribution in [0.5, 0.6) is 0 Å². The molecule has 468 valence electrons. The first-order chi connectivity index (χ1) is 40.6. The van der Waals surface area contributed by atoms with Gasteiger partial charge in [-0.3, -0.25) is 9.59 Å².